The molecule has 0 saturated heterocycles. The van der Waals surface area contributed by atoms with Crippen molar-refractivity contribution in [2.45, 2.75) is 39.5 Å². The topological polar surface area (TPSA) is 73.9 Å². The second kappa shape index (κ2) is 7.02. The molecule has 1 aromatic carbocycles. The number of alkyl halides is 3. The molecule has 3 aromatic rings. The number of hydrogen-bond acceptors (Lipinski definition) is 7. The van der Waals surface area contributed by atoms with Gasteiger partial charge in [-0.2, -0.15) is 18.2 Å². The highest BCUT2D eigenvalue weighted by atomic mass is 32.1. The minimum atomic E-state index is -4.57. The maximum atomic E-state index is 13.4. The van der Waals surface area contributed by atoms with Crippen LogP contribution in [0, 0.1) is 6.92 Å². The summed E-state index contributed by atoms with van der Waals surface area (Å²) < 4.78 is 54.5. The number of aryl methyl sites for hydroxylation is 1. The first-order chi connectivity index (χ1) is 12.3. The van der Waals surface area contributed by atoms with E-state index in [1.165, 1.54) is 12.1 Å². The molecule has 1 atom stereocenters. The third kappa shape index (κ3) is 3.69. The molecule has 0 spiro atoms. The number of nitrogens with zero attached hydrogens (tertiary/aromatic N) is 4. The molecule has 0 aliphatic carbocycles. The molecular weight excluding hydrogens is 369 g/mol. The fourth-order valence-electron chi connectivity index (χ4n) is 2.16. The number of rotatable bonds is 5. The predicted molar refractivity (Wildman–Crippen MR) is 88.8 cm³/mol. The van der Waals surface area contributed by atoms with Crippen molar-refractivity contribution in [1.82, 2.24) is 19.7 Å². The highest BCUT2D eigenvalue weighted by molar-refractivity contribution is 7.09. The summed E-state index contributed by atoms with van der Waals surface area (Å²) in [6, 6.07) is 3.68. The molecule has 0 saturated carbocycles. The normalized spacial score (nSPS) is 13.0. The van der Waals surface area contributed by atoms with Crippen LogP contribution in [0.15, 0.2) is 22.7 Å². The van der Waals surface area contributed by atoms with E-state index in [0.29, 0.717) is 17.0 Å². The Morgan fingerprint density at radius 2 is 2.08 bits per heavy atom. The molecule has 0 unspecified atom stereocenters. The summed E-state index contributed by atoms with van der Waals surface area (Å²) in [5.74, 6) is -0.00720. The minimum absolute atomic E-state index is 0.0200. The van der Waals surface area contributed by atoms with E-state index in [1.807, 2.05) is 6.92 Å². The van der Waals surface area contributed by atoms with Gasteiger partial charge in [0.05, 0.1) is 17.4 Å². The molecule has 10 heteroatoms. The smallest absolute Gasteiger partial charge is 0.419 e. The number of ether oxygens (including phenoxy) is 1. The Kier molecular flexibility index (Phi) is 4.94. The van der Waals surface area contributed by atoms with Crippen LogP contribution in [-0.2, 0) is 6.18 Å². The van der Waals surface area contributed by atoms with Gasteiger partial charge in [0.15, 0.2) is 0 Å². The molecule has 0 radical (unpaired) electrons. The molecule has 0 aliphatic heterocycles. The summed E-state index contributed by atoms with van der Waals surface area (Å²) in [6.07, 6.45) is -4.31. The summed E-state index contributed by atoms with van der Waals surface area (Å²) >= 11 is 1.08. The van der Waals surface area contributed by atoms with Crippen molar-refractivity contribution in [2.75, 3.05) is 0 Å². The number of halogens is 3. The van der Waals surface area contributed by atoms with E-state index in [2.05, 4.69) is 19.7 Å². The minimum Gasteiger partial charge on any atom is -0.490 e. The number of hydrogen-bond donors (Lipinski definition) is 0. The molecule has 2 aromatic heterocycles. The zero-order valence-corrected chi connectivity index (χ0v) is 15.0. The molecule has 6 nitrogen and oxygen atoms in total. The van der Waals surface area contributed by atoms with Gasteiger partial charge in [-0.1, -0.05) is 16.6 Å². The highest BCUT2D eigenvalue weighted by Crippen LogP contribution is 2.39. The van der Waals surface area contributed by atoms with Crippen molar-refractivity contribution >= 4 is 11.5 Å². The maximum Gasteiger partial charge on any atom is 0.419 e. The molecule has 0 fully saturated rings. The zero-order valence-electron chi connectivity index (χ0n) is 14.2. The Balaban J connectivity index is 1.99. The molecule has 0 bridgehead atoms. The Bertz CT molecular complexity index is 907. The SMILES string of the molecule is CC[C@H](C)Oc1ccc(-c2nc(-c3snnc3C)no2)cc1C(F)(F)F. The first kappa shape index (κ1) is 18.3. The fourth-order valence-corrected chi connectivity index (χ4v) is 2.74. The molecule has 0 amide bonds. The lowest BCUT2D eigenvalue weighted by atomic mass is 10.1. The van der Waals surface area contributed by atoms with Crippen molar-refractivity contribution in [2.24, 2.45) is 0 Å². The maximum absolute atomic E-state index is 13.4. The first-order valence-electron chi connectivity index (χ1n) is 7.81. The Morgan fingerprint density at radius 3 is 2.69 bits per heavy atom. The Morgan fingerprint density at radius 1 is 1.31 bits per heavy atom. The lowest BCUT2D eigenvalue weighted by Gasteiger charge is -2.18. The van der Waals surface area contributed by atoms with Crippen molar-refractivity contribution < 1.29 is 22.4 Å². The van der Waals surface area contributed by atoms with Gasteiger partial charge in [-0.25, -0.2) is 0 Å². The van der Waals surface area contributed by atoms with E-state index in [9.17, 15) is 13.2 Å². The van der Waals surface area contributed by atoms with Gasteiger partial charge in [0.1, 0.15) is 10.6 Å². The van der Waals surface area contributed by atoms with Crippen LogP contribution >= 0.6 is 11.5 Å². The van der Waals surface area contributed by atoms with Gasteiger partial charge in [-0.15, -0.1) is 5.10 Å². The second-order valence-electron chi connectivity index (χ2n) is 5.66. The van der Waals surface area contributed by atoms with Crippen LogP contribution in [-0.4, -0.2) is 25.8 Å². The molecular formula is C16H15F3N4O2S. The zero-order chi connectivity index (χ0) is 18.9. The summed E-state index contributed by atoms with van der Waals surface area (Å²) in [5, 5.41) is 7.65. The molecule has 0 aliphatic rings. The largest absolute Gasteiger partial charge is 0.490 e. The lowest BCUT2D eigenvalue weighted by Crippen LogP contribution is -2.15. The van der Waals surface area contributed by atoms with Gasteiger partial charge in [0.25, 0.3) is 5.89 Å². The standard InChI is InChI=1S/C16H15F3N4O2S/c1-4-8(2)24-12-6-5-10(7-11(12)16(17,18)19)15-20-14(22-25-15)13-9(3)21-23-26-13/h5-8H,4H2,1-3H3/t8-/m0/s1. The van der Waals surface area contributed by atoms with Crippen LogP contribution in [0.5, 0.6) is 5.75 Å². The average Bonchev–Trinajstić information content (AvgIpc) is 3.22. The van der Waals surface area contributed by atoms with Gasteiger partial charge in [0.2, 0.25) is 5.82 Å². The predicted octanol–water partition coefficient (Wildman–Crippen LogP) is 4.76. The van der Waals surface area contributed by atoms with E-state index in [0.717, 1.165) is 17.6 Å². The van der Waals surface area contributed by atoms with Gasteiger partial charge in [-0.3, -0.25) is 0 Å². The summed E-state index contributed by atoms with van der Waals surface area (Å²) in [5.41, 5.74) is -0.107. The van der Waals surface area contributed by atoms with E-state index >= 15 is 0 Å². The van der Waals surface area contributed by atoms with Gasteiger partial charge in [0, 0.05) is 5.56 Å². The fraction of sp³-hybridized carbons (Fsp3) is 0.375. The quantitative estimate of drug-likeness (QED) is 0.631. The van der Waals surface area contributed by atoms with Crippen molar-refractivity contribution in [1.29, 1.82) is 0 Å². The highest BCUT2D eigenvalue weighted by Gasteiger charge is 2.35. The van der Waals surface area contributed by atoms with Crippen LogP contribution in [0.1, 0.15) is 31.5 Å². The van der Waals surface area contributed by atoms with Crippen molar-refractivity contribution in [3.8, 4) is 27.9 Å². The molecule has 0 N–H and O–H groups in total. The summed E-state index contributed by atoms with van der Waals surface area (Å²) in [7, 11) is 0. The summed E-state index contributed by atoms with van der Waals surface area (Å²) in [4.78, 5) is 4.76. The molecule has 3 rings (SSSR count). The lowest BCUT2D eigenvalue weighted by molar-refractivity contribution is -0.139. The van der Waals surface area contributed by atoms with E-state index in [1.54, 1.807) is 13.8 Å². The van der Waals surface area contributed by atoms with Crippen molar-refractivity contribution in [3.63, 3.8) is 0 Å². The van der Waals surface area contributed by atoms with Gasteiger partial charge < -0.3 is 9.26 Å². The monoisotopic (exact) mass is 384 g/mol. The molecule has 26 heavy (non-hydrogen) atoms. The number of aromatic nitrogens is 4. The Labute approximate surface area is 151 Å². The van der Waals surface area contributed by atoms with E-state index < -0.39 is 11.7 Å². The van der Waals surface area contributed by atoms with Gasteiger partial charge in [-0.05, 0) is 50.0 Å². The van der Waals surface area contributed by atoms with Crippen LogP contribution in [0.2, 0.25) is 0 Å². The number of benzene rings is 1. The summed E-state index contributed by atoms with van der Waals surface area (Å²) in [6.45, 7) is 5.28. The van der Waals surface area contributed by atoms with Crippen LogP contribution in [0.25, 0.3) is 22.2 Å². The van der Waals surface area contributed by atoms with E-state index in [-0.39, 0.29) is 29.1 Å². The first-order valence-corrected chi connectivity index (χ1v) is 8.58. The molecule has 138 valence electrons. The van der Waals surface area contributed by atoms with Gasteiger partial charge >= 0.3 is 6.18 Å². The Hall–Kier alpha value is -2.49. The third-order valence-electron chi connectivity index (χ3n) is 3.72. The van der Waals surface area contributed by atoms with Crippen molar-refractivity contribution in [3.05, 3.63) is 29.5 Å². The van der Waals surface area contributed by atoms with Crippen LogP contribution < -0.4 is 4.74 Å². The second-order valence-corrected chi connectivity index (χ2v) is 6.41. The van der Waals surface area contributed by atoms with E-state index in [4.69, 9.17) is 9.26 Å². The average molecular weight is 384 g/mol. The third-order valence-corrected chi connectivity index (χ3v) is 4.54. The van der Waals surface area contributed by atoms with Crippen LogP contribution in [0.3, 0.4) is 0 Å². The van der Waals surface area contributed by atoms with Crippen LogP contribution in [0.4, 0.5) is 13.2 Å². The molecule has 2 heterocycles.